The van der Waals surface area contributed by atoms with Crippen molar-refractivity contribution in [1.82, 2.24) is 4.98 Å². The standard InChI is InChI=1S/C7H9NO2S2/c1-3-4-5(6(9)10)12-7(8-4)11-2/h3H2,1-2H3,(H,9,10). The smallest absolute Gasteiger partial charge is 0.347 e. The van der Waals surface area contributed by atoms with Crippen molar-refractivity contribution in [2.45, 2.75) is 17.7 Å². The Labute approximate surface area is 78.8 Å². The first-order valence-electron chi connectivity index (χ1n) is 3.46. The molecule has 0 saturated carbocycles. The van der Waals surface area contributed by atoms with Gasteiger partial charge in [-0.25, -0.2) is 9.78 Å². The lowest BCUT2D eigenvalue weighted by Gasteiger charge is -1.89. The molecule has 5 heteroatoms. The van der Waals surface area contributed by atoms with Gasteiger partial charge in [0, 0.05) is 0 Å². The minimum Gasteiger partial charge on any atom is -0.477 e. The second kappa shape index (κ2) is 3.91. The Morgan fingerprint density at radius 2 is 2.42 bits per heavy atom. The Morgan fingerprint density at radius 3 is 2.75 bits per heavy atom. The Hall–Kier alpha value is -0.550. The van der Waals surface area contributed by atoms with Crippen LogP contribution in [0, 0.1) is 0 Å². The second-order valence-corrected chi connectivity index (χ2v) is 4.17. The summed E-state index contributed by atoms with van der Waals surface area (Å²) in [4.78, 5) is 15.2. The highest BCUT2D eigenvalue weighted by molar-refractivity contribution is 8.00. The van der Waals surface area contributed by atoms with Gasteiger partial charge < -0.3 is 5.11 Å². The average Bonchev–Trinajstić information content (AvgIpc) is 2.47. The van der Waals surface area contributed by atoms with E-state index in [4.69, 9.17) is 5.11 Å². The molecule has 0 aliphatic heterocycles. The van der Waals surface area contributed by atoms with Crippen molar-refractivity contribution in [3.8, 4) is 0 Å². The number of aryl methyl sites for hydroxylation is 1. The molecule has 3 nitrogen and oxygen atoms in total. The maximum atomic E-state index is 10.7. The van der Waals surface area contributed by atoms with Gasteiger partial charge in [0.15, 0.2) is 4.34 Å². The number of nitrogens with zero attached hydrogens (tertiary/aromatic N) is 1. The summed E-state index contributed by atoms with van der Waals surface area (Å²) in [6.07, 6.45) is 2.57. The fraction of sp³-hybridized carbons (Fsp3) is 0.429. The van der Waals surface area contributed by atoms with Gasteiger partial charge in [0.2, 0.25) is 0 Å². The van der Waals surface area contributed by atoms with Crippen LogP contribution in [0.15, 0.2) is 4.34 Å². The lowest BCUT2D eigenvalue weighted by atomic mass is 10.3. The van der Waals surface area contributed by atoms with Crippen molar-refractivity contribution in [2.24, 2.45) is 0 Å². The van der Waals surface area contributed by atoms with Crippen LogP contribution in [0.5, 0.6) is 0 Å². The predicted octanol–water partition coefficient (Wildman–Crippen LogP) is 2.13. The molecule has 1 heterocycles. The van der Waals surface area contributed by atoms with Crippen molar-refractivity contribution >= 4 is 29.1 Å². The third kappa shape index (κ3) is 1.78. The van der Waals surface area contributed by atoms with Crippen LogP contribution in [0.25, 0.3) is 0 Å². The zero-order valence-electron chi connectivity index (χ0n) is 6.83. The van der Waals surface area contributed by atoms with E-state index in [-0.39, 0.29) is 0 Å². The van der Waals surface area contributed by atoms with Crippen molar-refractivity contribution in [2.75, 3.05) is 6.26 Å². The van der Waals surface area contributed by atoms with Crippen LogP contribution in [0.3, 0.4) is 0 Å². The van der Waals surface area contributed by atoms with Crippen LogP contribution in [-0.4, -0.2) is 22.3 Å². The van der Waals surface area contributed by atoms with Crippen LogP contribution in [-0.2, 0) is 6.42 Å². The van der Waals surface area contributed by atoms with E-state index >= 15 is 0 Å². The molecule has 0 aromatic carbocycles. The van der Waals surface area contributed by atoms with Gasteiger partial charge in [-0.1, -0.05) is 18.7 Å². The fourth-order valence-corrected chi connectivity index (χ4v) is 2.33. The largest absolute Gasteiger partial charge is 0.477 e. The normalized spacial score (nSPS) is 10.2. The van der Waals surface area contributed by atoms with Crippen molar-refractivity contribution in [3.63, 3.8) is 0 Å². The topological polar surface area (TPSA) is 50.2 Å². The first-order chi connectivity index (χ1) is 5.69. The Morgan fingerprint density at radius 1 is 1.75 bits per heavy atom. The van der Waals surface area contributed by atoms with Crippen molar-refractivity contribution in [3.05, 3.63) is 10.6 Å². The van der Waals surface area contributed by atoms with Crippen LogP contribution in [0.1, 0.15) is 22.3 Å². The van der Waals surface area contributed by atoms with E-state index in [9.17, 15) is 4.79 Å². The molecule has 1 aromatic rings. The van der Waals surface area contributed by atoms with Crippen LogP contribution in [0.2, 0.25) is 0 Å². The van der Waals surface area contributed by atoms with Gasteiger partial charge in [-0.2, -0.15) is 0 Å². The molecule has 0 aliphatic rings. The molecule has 0 atom stereocenters. The maximum absolute atomic E-state index is 10.7. The number of hydrogen-bond donors (Lipinski definition) is 1. The van der Waals surface area contributed by atoms with Crippen LogP contribution in [0.4, 0.5) is 0 Å². The summed E-state index contributed by atoms with van der Waals surface area (Å²) in [5, 5.41) is 8.77. The summed E-state index contributed by atoms with van der Waals surface area (Å²) in [7, 11) is 0. The minimum absolute atomic E-state index is 0.377. The van der Waals surface area contributed by atoms with E-state index in [2.05, 4.69) is 4.98 Å². The summed E-state index contributed by atoms with van der Waals surface area (Å²) in [6.45, 7) is 1.91. The van der Waals surface area contributed by atoms with E-state index in [1.54, 1.807) is 0 Å². The third-order valence-corrected chi connectivity index (χ3v) is 3.45. The summed E-state index contributed by atoms with van der Waals surface area (Å²) in [5.74, 6) is -0.871. The molecule has 66 valence electrons. The number of carboxylic acid groups (broad SMARTS) is 1. The highest BCUT2D eigenvalue weighted by Gasteiger charge is 2.14. The van der Waals surface area contributed by atoms with E-state index in [0.717, 1.165) is 4.34 Å². The molecule has 0 fully saturated rings. The van der Waals surface area contributed by atoms with Gasteiger partial charge in [-0.3, -0.25) is 0 Å². The summed E-state index contributed by atoms with van der Waals surface area (Å²) < 4.78 is 0.823. The SMILES string of the molecule is CCc1nc(SC)sc1C(=O)O. The zero-order valence-corrected chi connectivity index (χ0v) is 8.46. The summed E-state index contributed by atoms with van der Waals surface area (Å²) in [6, 6.07) is 0. The molecule has 1 N–H and O–H groups in total. The molecule has 0 spiro atoms. The lowest BCUT2D eigenvalue weighted by molar-refractivity contribution is 0.0701. The summed E-state index contributed by atoms with van der Waals surface area (Å²) in [5.41, 5.74) is 0.692. The highest BCUT2D eigenvalue weighted by atomic mass is 32.2. The number of aromatic nitrogens is 1. The Balaban J connectivity index is 3.08. The van der Waals surface area contributed by atoms with Gasteiger partial charge in [0.25, 0.3) is 0 Å². The summed E-state index contributed by atoms with van der Waals surface area (Å²) >= 11 is 2.73. The number of carbonyl (C=O) groups is 1. The molecule has 1 rings (SSSR count). The number of thioether (sulfide) groups is 1. The fourth-order valence-electron chi connectivity index (χ4n) is 0.824. The molecule has 0 unspecified atom stereocenters. The van der Waals surface area contributed by atoms with Gasteiger partial charge in [0.1, 0.15) is 4.88 Å². The monoisotopic (exact) mass is 203 g/mol. The van der Waals surface area contributed by atoms with E-state index in [1.807, 2.05) is 13.2 Å². The molecule has 12 heavy (non-hydrogen) atoms. The zero-order chi connectivity index (χ0) is 9.14. The predicted molar refractivity (Wildman–Crippen MR) is 50.2 cm³/mol. The number of thiazole rings is 1. The number of aromatic carboxylic acids is 1. The molecule has 0 aliphatic carbocycles. The second-order valence-electron chi connectivity index (χ2n) is 2.12. The van der Waals surface area contributed by atoms with Gasteiger partial charge in [-0.05, 0) is 12.7 Å². The molecular formula is C7H9NO2S2. The van der Waals surface area contributed by atoms with Crippen LogP contribution < -0.4 is 0 Å². The van der Waals surface area contributed by atoms with Gasteiger partial charge in [0.05, 0.1) is 5.69 Å². The average molecular weight is 203 g/mol. The van der Waals surface area contributed by atoms with Crippen molar-refractivity contribution in [1.29, 1.82) is 0 Å². The minimum atomic E-state index is -0.871. The van der Waals surface area contributed by atoms with Crippen LogP contribution >= 0.6 is 23.1 Å². The van der Waals surface area contributed by atoms with E-state index < -0.39 is 5.97 Å². The van der Waals surface area contributed by atoms with E-state index in [1.165, 1.54) is 23.1 Å². The Bertz CT molecular complexity index is 296. The Kier molecular flexibility index (Phi) is 3.11. The maximum Gasteiger partial charge on any atom is 0.347 e. The first-order valence-corrected chi connectivity index (χ1v) is 5.50. The molecule has 0 radical (unpaired) electrons. The molecule has 0 bridgehead atoms. The third-order valence-electron chi connectivity index (χ3n) is 1.38. The van der Waals surface area contributed by atoms with Gasteiger partial charge in [-0.15, -0.1) is 11.3 Å². The molecule has 0 saturated heterocycles. The lowest BCUT2D eigenvalue weighted by Crippen LogP contribution is -1.97. The number of rotatable bonds is 3. The van der Waals surface area contributed by atoms with Gasteiger partial charge >= 0.3 is 5.97 Å². The first kappa shape index (κ1) is 9.54. The number of carboxylic acids is 1. The van der Waals surface area contributed by atoms with E-state index in [0.29, 0.717) is 17.0 Å². The number of hydrogen-bond acceptors (Lipinski definition) is 4. The van der Waals surface area contributed by atoms with Crippen molar-refractivity contribution < 1.29 is 9.90 Å². The molecular weight excluding hydrogens is 194 g/mol. The molecule has 1 aromatic heterocycles. The quantitative estimate of drug-likeness (QED) is 0.764. The highest BCUT2D eigenvalue weighted by Crippen LogP contribution is 2.25. The molecule has 0 amide bonds.